The Morgan fingerprint density at radius 3 is 2.21 bits per heavy atom. The first-order valence-corrected chi connectivity index (χ1v) is 11.8. The molecule has 0 bridgehead atoms. The monoisotopic (exact) mass is 553 g/mol. The van der Waals surface area contributed by atoms with Gasteiger partial charge in [-0.15, -0.1) is 0 Å². The SMILES string of the molecule is CC1(Cc2ccccc2)CN(CC(=O)Nc2ccc(C(F)(F)F)cc2)N=C1c1ccc(C(F)(F)F)c(Cl)c1. The number of hydrazone groups is 1. The molecule has 0 saturated carbocycles. The quantitative estimate of drug-likeness (QED) is 0.326. The highest BCUT2D eigenvalue weighted by Gasteiger charge is 2.41. The molecule has 1 unspecified atom stereocenters. The van der Waals surface area contributed by atoms with Crippen molar-refractivity contribution in [3.63, 3.8) is 0 Å². The molecule has 1 amide bonds. The number of nitrogens with one attached hydrogen (secondary N) is 1. The van der Waals surface area contributed by atoms with E-state index in [0.29, 0.717) is 17.7 Å². The van der Waals surface area contributed by atoms with Crippen LogP contribution in [0.15, 0.2) is 77.9 Å². The van der Waals surface area contributed by atoms with Gasteiger partial charge in [0.15, 0.2) is 0 Å². The van der Waals surface area contributed by atoms with Gasteiger partial charge >= 0.3 is 12.4 Å². The first kappa shape index (κ1) is 27.5. The maximum Gasteiger partial charge on any atom is 0.417 e. The summed E-state index contributed by atoms with van der Waals surface area (Å²) in [6.45, 7) is 1.96. The molecule has 1 N–H and O–H groups in total. The molecule has 4 rings (SSSR count). The fourth-order valence-electron chi connectivity index (χ4n) is 4.46. The highest BCUT2D eigenvalue weighted by atomic mass is 35.5. The Morgan fingerprint density at radius 2 is 1.63 bits per heavy atom. The average molecular weight is 554 g/mol. The minimum atomic E-state index is -4.61. The smallest absolute Gasteiger partial charge is 0.324 e. The number of hydrogen-bond acceptors (Lipinski definition) is 3. The normalized spacial score (nSPS) is 17.9. The highest BCUT2D eigenvalue weighted by molar-refractivity contribution is 6.32. The van der Waals surface area contributed by atoms with Crippen LogP contribution in [-0.2, 0) is 23.6 Å². The highest BCUT2D eigenvalue weighted by Crippen LogP contribution is 2.39. The van der Waals surface area contributed by atoms with Crippen molar-refractivity contribution < 1.29 is 31.1 Å². The Bertz CT molecular complexity index is 1340. The van der Waals surface area contributed by atoms with Gasteiger partial charge in [0.05, 0.1) is 21.9 Å². The van der Waals surface area contributed by atoms with Crippen LogP contribution in [-0.4, -0.2) is 29.7 Å². The third-order valence-electron chi connectivity index (χ3n) is 6.15. The van der Waals surface area contributed by atoms with Gasteiger partial charge in [0.1, 0.15) is 6.54 Å². The molecule has 3 aromatic rings. The third kappa shape index (κ3) is 6.30. The second-order valence-electron chi connectivity index (χ2n) is 9.31. The van der Waals surface area contributed by atoms with E-state index >= 15 is 0 Å². The van der Waals surface area contributed by atoms with E-state index in [9.17, 15) is 31.1 Å². The second kappa shape index (κ2) is 10.3. The van der Waals surface area contributed by atoms with Crippen LogP contribution < -0.4 is 5.32 Å². The minimum Gasteiger partial charge on any atom is -0.324 e. The summed E-state index contributed by atoms with van der Waals surface area (Å²) in [4.78, 5) is 12.7. The first-order valence-electron chi connectivity index (χ1n) is 11.5. The van der Waals surface area contributed by atoms with Crippen molar-refractivity contribution in [1.82, 2.24) is 5.01 Å². The number of benzene rings is 3. The van der Waals surface area contributed by atoms with Gasteiger partial charge in [-0.3, -0.25) is 9.80 Å². The Hall–Kier alpha value is -3.53. The topological polar surface area (TPSA) is 44.7 Å². The summed E-state index contributed by atoms with van der Waals surface area (Å²) < 4.78 is 78.1. The Balaban J connectivity index is 1.57. The van der Waals surface area contributed by atoms with Crippen LogP contribution in [0.1, 0.15) is 29.2 Å². The molecule has 3 aromatic carbocycles. The van der Waals surface area contributed by atoms with Gasteiger partial charge in [0.25, 0.3) is 0 Å². The number of anilines is 1. The van der Waals surface area contributed by atoms with Gasteiger partial charge < -0.3 is 5.32 Å². The lowest BCUT2D eigenvalue weighted by molar-refractivity contribution is -0.138. The summed E-state index contributed by atoms with van der Waals surface area (Å²) in [5.74, 6) is -0.512. The van der Waals surface area contributed by atoms with Crippen LogP contribution in [0.2, 0.25) is 5.02 Å². The van der Waals surface area contributed by atoms with Crippen molar-refractivity contribution in [1.29, 1.82) is 0 Å². The first-order chi connectivity index (χ1) is 17.7. The van der Waals surface area contributed by atoms with Crippen molar-refractivity contribution in [2.45, 2.75) is 25.7 Å². The number of rotatable bonds is 6. The molecule has 1 heterocycles. The van der Waals surface area contributed by atoms with Crippen LogP contribution in [0, 0.1) is 5.41 Å². The van der Waals surface area contributed by atoms with E-state index in [1.807, 2.05) is 37.3 Å². The number of halogens is 7. The molecule has 38 heavy (non-hydrogen) atoms. The largest absolute Gasteiger partial charge is 0.417 e. The van der Waals surface area contributed by atoms with Gasteiger partial charge in [-0.2, -0.15) is 31.4 Å². The number of alkyl halides is 6. The van der Waals surface area contributed by atoms with Crippen LogP contribution in [0.25, 0.3) is 0 Å². The van der Waals surface area contributed by atoms with Crippen molar-refractivity contribution in [3.05, 3.63) is 100 Å². The van der Waals surface area contributed by atoms with Crippen molar-refractivity contribution in [3.8, 4) is 0 Å². The predicted molar refractivity (Wildman–Crippen MR) is 133 cm³/mol. The molecular formula is C27H22ClF6N3O. The van der Waals surface area contributed by atoms with Gasteiger partial charge in [0.2, 0.25) is 5.91 Å². The van der Waals surface area contributed by atoms with Gasteiger partial charge in [0, 0.05) is 17.6 Å². The summed E-state index contributed by atoms with van der Waals surface area (Å²) in [7, 11) is 0. The molecule has 0 aliphatic carbocycles. The fourth-order valence-corrected chi connectivity index (χ4v) is 4.75. The third-order valence-corrected chi connectivity index (χ3v) is 6.46. The standard InChI is InChI=1S/C27H22ClF6N3O/c1-25(14-17-5-3-2-4-6-17)16-37(15-23(38)35-20-10-8-19(9-11-20)26(29,30)31)36-24(25)18-7-12-21(22(28)13-18)27(32,33)34/h2-13H,14-16H2,1H3,(H,35,38). The van der Waals surface area contributed by atoms with E-state index in [-0.39, 0.29) is 18.8 Å². The zero-order valence-corrected chi connectivity index (χ0v) is 20.8. The van der Waals surface area contributed by atoms with Gasteiger partial charge in [-0.05, 0) is 53.9 Å². The summed E-state index contributed by atoms with van der Waals surface area (Å²) in [6.07, 6.45) is -8.61. The number of hydrogen-bond donors (Lipinski definition) is 1. The lowest BCUT2D eigenvalue weighted by atomic mass is 9.77. The minimum absolute atomic E-state index is 0.188. The van der Waals surface area contributed by atoms with E-state index in [0.717, 1.165) is 35.9 Å². The molecule has 1 atom stereocenters. The number of nitrogens with zero attached hydrogens (tertiary/aromatic N) is 2. The zero-order valence-electron chi connectivity index (χ0n) is 20.0. The number of amides is 1. The van der Waals surface area contributed by atoms with Crippen LogP contribution in [0.3, 0.4) is 0 Å². The van der Waals surface area contributed by atoms with Crippen LogP contribution in [0.5, 0.6) is 0 Å². The predicted octanol–water partition coefficient (Wildman–Crippen LogP) is 7.29. The van der Waals surface area contributed by atoms with Gasteiger partial charge in [-0.25, -0.2) is 0 Å². The maximum absolute atomic E-state index is 13.2. The molecule has 0 aromatic heterocycles. The average Bonchev–Trinajstić information content (AvgIpc) is 3.13. The molecule has 1 aliphatic rings. The summed E-state index contributed by atoms with van der Waals surface area (Å²) in [6, 6.07) is 16.9. The fraction of sp³-hybridized carbons (Fsp3) is 0.259. The summed E-state index contributed by atoms with van der Waals surface area (Å²) >= 11 is 5.97. The van der Waals surface area contributed by atoms with E-state index in [1.165, 1.54) is 17.1 Å². The molecule has 1 aliphatic heterocycles. The maximum atomic E-state index is 13.2. The molecule has 0 saturated heterocycles. The molecule has 0 radical (unpaired) electrons. The van der Waals surface area contributed by atoms with Crippen molar-refractivity contribution in [2.24, 2.45) is 10.5 Å². The number of carbonyl (C=O) groups excluding carboxylic acids is 1. The lowest BCUT2D eigenvalue weighted by Crippen LogP contribution is -2.36. The molecule has 0 fully saturated rings. The molecule has 200 valence electrons. The number of carbonyl (C=O) groups is 1. The van der Waals surface area contributed by atoms with E-state index in [4.69, 9.17) is 11.6 Å². The molecule has 4 nitrogen and oxygen atoms in total. The Morgan fingerprint density at radius 1 is 0.974 bits per heavy atom. The van der Waals surface area contributed by atoms with E-state index in [2.05, 4.69) is 10.4 Å². The van der Waals surface area contributed by atoms with Gasteiger partial charge in [-0.1, -0.05) is 54.9 Å². The Labute approximate surface area is 219 Å². The Kier molecular flexibility index (Phi) is 7.47. The lowest BCUT2D eigenvalue weighted by Gasteiger charge is -2.27. The zero-order chi connectivity index (χ0) is 27.7. The molecule has 11 heteroatoms. The van der Waals surface area contributed by atoms with E-state index in [1.54, 1.807) is 0 Å². The van der Waals surface area contributed by atoms with Crippen molar-refractivity contribution in [2.75, 3.05) is 18.4 Å². The van der Waals surface area contributed by atoms with Crippen LogP contribution >= 0.6 is 11.6 Å². The summed E-state index contributed by atoms with van der Waals surface area (Å²) in [5, 5.41) is 8.15. The summed E-state index contributed by atoms with van der Waals surface area (Å²) in [5.41, 5.74) is -0.453. The van der Waals surface area contributed by atoms with E-state index < -0.39 is 39.8 Å². The molecular weight excluding hydrogens is 532 g/mol. The second-order valence-corrected chi connectivity index (χ2v) is 9.72. The van der Waals surface area contributed by atoms with Crippen LogP contribution in [0.4, 0.5) is 32.0 Å². The molecule has 0 spiro atoms. The van der Waals surface area contributed by atoms with Crippen molar-refractivity contribution >= 4 is 28.9 Å².